The number of carbonyl (C=O) groups is 10. The number of aliphatic hydroxyl groups is 5. The molecule has 2 saturated heterocycles. The second-order valence-electron chi connectivity index (χ2n) is 31.5. The van der Waals surface area contributed by atoms with Crippen LogP contribution in [0.4, 0.5) is 15.3 Å². The minimum Gasteiger partial charge on any atom is -0.445 e. The van der Waals surface area contributed by atoms with Crippen molar-refractivity contribution in [2.45, 2.75) is 256 Å². The van der Waals surface area contributed by atoms with Gasteiger partial charge in [-0.3, -0.25) is 38.4 Å². The van der Waals surface area contributed by atoms with Crippen molar-refractivity contribution in [2.75, 3.05) is 79.6 Å². The Kier molecular flexibility index (Phi) is 39.5. The van der Waals surface area contributed by atoms with E-state index in [9.17, 15) is 73.5 Å². The number of benzene rings is 2. The number of nitrogens with two attached hydrogens (primary N) is 2. The topological polar surface area (TPSA) is 495 Å². The number of anilines is 1. The van der Waals surface area contributed by atoms with E-state index in [4.69, 9.17) is 35.2 Å². The third kappa shape index (κ3) is 28.7. The molecule has 0 radical (unpaired) electrons. The lowest BCUT2D eigenvalue weighted by molar-refractivity contribution is -0.254. The van der Waals surface area contributed by atoms with Crippen LogP contribution in [0, 0.1) is 29.6 Å². The molecule has 0 saturated carbocycles. The molecule has 115 heavy (non-hydrogen) atoms. The van der Waals surface area contributed by atoms with Crippen molar-refractivity contribution in [1.82, 2.24) is 61.6 Å². The third-order valence-corrected chi connectivity index (χ3v) is 22.0. The Morgan fingerprint density at radius 2 is 1.43 bits per heavy atom. The number of ether oxygens (including phenoxy) is 5. The van der Waals surface area contributed by atoms with E-state index in [-0.39, 0.29) is 119 Å². The van der Waals surface area contributed by atoms with Gasteiger partial charge in [-0.1, -0.05) is 115 Å². The molecule has 3 aliphatic rings. The van der Waals surface area contributed by atoms with Gasteiger partial charge >= 0.3 is 12.1 Å². The lowest BCUT2D eigenvalue weighted by Crippen LogP contribution is -2.56. The van der Waals surface area contributed by atoms with E-state index in [1.807, 2.05) is 45.9 Å². The SMILES string of the molecule is CC[C@H](C)[C@@H]([C@@H](CC(=O)N1CCC[C@H]1[C@H](OC)[C@@H](C)C(=O)N[C@H](C)[C@@H](O)c1ccccc1)OC)N(C)C(=O)CC(C)CNC(=O)CC(C)CN(C)C(=O)OCc1ccc(NC(=O)[C@H](CCCNC(N)=O)NC(=O)[C@@H](NC(=O)[C@H](N)CCCCNC(=O)COC2CCCCCc3c2nnn3[C@@H]2O[C@H](CO)[C@H](O)[C@H](O)[C@H]2O)C(C)C)cc1. The number of fused-ring (bicyclic) bond motifs is 1. The van der Waals surface area contributed by atoms with E-state index in [0.29, 0.717) is 79.7 Å². The molecule has 2 aliphatic heterocycles. The molecule has 6 rings (SSSR count). The molecule has 1 aliphatic carbocycles. The fourth-order valence-electron chi connectivity index (χ4n) is 15.0. The number of urea groups is 1. The molecule has 2 aromatic carbocycles. The number of likely N-dealkylation sites (tertiary alicyclic amines) is 1. The molecule has 3 aromatic rings. The maximum Gasteiger partial charge on any atom is 0.409 e. The number of likely N-dealkylation sites (N-methyl/N-ethyl adjacent to an activating group) is 1. The van der Waals surface area contributed by atoms with Crippen LogP contribution in [0.2, 0.25) is 0 Å². The van der Waals surface area contributed by atoms with Crippen LogP contribution in [-0.4, -0.2) is 262 Å². The van der Waals surface area contributed by atoms with E-state index in [0.717, 1.165) is 19.3 Å². The molecule has 0 bridgehead atoms. The highest BCUT2D eigenvalue weighted by Gasteiger charge is 2.47. The largest absolute Gasteiger partial charge is 0.445 e. The monoisotopic (exact) mass is 1620 g/mol. The van der Waals surface area contributed by atoms with E-state index in [2.05, 4.69) is 47.5 Å². The van der Waals surface area contributed by atoms with Gasteiger partial charge in [0.25, 0.3) is 0 Å². The molecule has 3 heterocycles. The first-order valence-corrected chi connectivity index (χ1v) is 40.4. The molecular formula is C80H129N15O20. The van der Waals surface area contributed by atoms with Crippen LogP contribution in [0.15, 0.2) is 54.6 Å². The van der Waals surface area contributed by atoms with Gasteiger partial charge in [-0.15, -0.1) is 5.10 Å². The van der Waals surface area contributed by atoms with Crippen LogP contribution in [0.1, 0.15) is 193 Å². The Morgan fingerprint density at radius 1 is 0.730 bits per heavy atom. The smallest absolute Gasteiger partial charge is 0.409 e. The Balaban J connectivity index is 0.900. The van der Waals surface area contributed by atoms with Crippen LogP contribution < -0.4 is 48.7 Å². The first-order chi connectivity index (χ1) is 54.7. The number of aliphatic hydroxyl groups excluding tert-OH is 5. The van der Waals surface area contributed by atoms with Crippen LogP contribution in [0.5, 0.6) is 0 Å². The summed E-state index contributed by atoms with van der Waals surface area (Å²) < 4.78 is 30.7. The number of carbonyl (C=O) groups excluding carboxylic acids is 10. The van der Waals surface area contributed by atoms with Gasteiger partial charge in [0.1, 0.15) is 61.5 Å². The van der Waals surface area contributed by atoms with Crippen molar-refractivity contribution >= 4 is 65.1 Å². The van der Waals surface area contributed by atoms with Crippen LogP contribution in [0.3, 0.4) is 0 Å². The van der Waals surface area contributed by atoms with Crippen molar-refractivity contribution in [3.8, 4) is 0 Å². The third-order valence-electron chi connectivity index (χ3n) is 22.0. The van der Waals surface area contributed by atoms with Gasteiger partial charge in [0.05, 0.1) is 67.1 Å². The average Bonchev–Trinajstić information content (AvgIpc) is 1.67. The second-order valence-corrected chi connectivity index (χ2v) is 31.5. The lowest BCUT2D eigenvalue weighted by atomic mass is 9.90. The standard InChI is InChI=1S/C80H129N15O20/c1-13-49(6)68(60(111-11)40-65(100)94-37-23-29-58(94)73(112-12)50(7)74(105)86-51(8)69(101)53-24-16-14-17-25-53)93(10)64(99)39-47(4)41-85-62(97)38-48(5)42-92(9)80(110)114-44-52-31-33-54(34-32-52)87-76(107)56(27-22-36-84-79(82)109)88-77(108)66(46(2)3)89-75(106)55(81)26-20-21-35-83-63(98)45-113-59-30-19-15-18-28-57-67(59)90-91-95(57)78-72(104)71(103)70(102)61(43-96)115-78/h14,16-17,24-25,31-34,46-51,55-56,58-61,66,68-73,78,96,101-104H,13,15,18-23,26-30,35-45,81H2,1-12H3,(H,83,98)(H,85,97)(H,86,105)(H,87,107)(H,88,108)(H,89,106)(H3,82,84,109)/t47?,48?,49-,50+,51+,55+,56-,58-,59?,60+,61+,66-,68-,69+,70-,71-,72+,73+,78+/m0/s1. The maximum absolute atomic E-state index is 14.3. The minimum atomic E-state index is -1.61. The lowest BCUT2D eigenvalue weighted by Gasteiger charge is -2.40. The quantitative estimate of drug-likeness (QED) is 0.0362. The summed E-state index contributed by atoms with van der Waals surface area (Å²) in [6, 6.07) is 10.0. The molecule has 35 heteroatoms. The van der Waals surface area contributed by atoms with Gasteiger partial charge in [-0.05, 0) is 118 Å². The number of primary amides is 1. The first-order valence-electron chi connectivity index (χ1n) is 40.4. The molecule has 3 unspecified atom stereocenters. The summed E-state index contributed by atoms with van der Waals surface area (Å²) in [6.07, 6.45) is -3.66. The fourth-order valence-corrected chi connectivity index (χ4v) is 15.0. The number of rotatable bonds is 45. The number of amides is 11. The number of unbranched alkanes of at least 4 members (excludes halogenated alkanes) is 1. The molecule has 644 valence electrons. The number of hydrogen-bond donors (Lipinski definition) is 14. The molecule has 35 nitrogen and oxygen atoms in total. The Hall–Kier alpha value is -8.52. The van der Waals surface area contributed by atoms with Gasteiger partial charge in [0.15, 0.2) is 6.23 Å². The van der Waals surface area contributed by atoms with Gasteiger partial charge in [0.2, 0.25) is 47.3 Å². The van der Waals surface area contributed by atoms with Crippen LogP contribution >= 0.6 is 0 Å². The molecule has 0 spiro atoms. The highest BCUT2D eigenvalue weighted by Crippen LogP contribution is 2.36. The summed E-state index contributed by atoms with van der Waals surface area (Å²) >= 11 is 0. The average molecular weight is 1620 g/mol. The van der Waals surface area contributed by atoms with Crippen molar-refractivity contribution in [2.24, 2.45) is 41.1 Å². The van der Waals surface area contributed by atoms with Gasteiger partial charge in [-0.25, -0.2) is 14.3 Å². The summed E-state index contributed by atoms with van der Waals surface area (Å²) in [5, 5.41) is 80.1. The molecular weight excluding hydrogens is 1490 g/mol. The second kappa shape index (κ2) is 47.6. The minimum absolute atomic E-state index is 0.0166. The van der Waals surface area contributed by atoms with Crippen molar-refractivity contribution in [1.29, 1.82) is 0 Å². The zero-order valence-corrected chi connectivity index (χ0v) is 68.9. The number of aromatic nitrogens is 3. The summed E-state index contributed by atoms with van der Waals surface area (Å²) in [6.45, 7) is 14.8. The summed E-state index contributed by atoms with van der Waals surface area (Å²) in [7, 11) is 6.32. The van der Waals surface area contributed by atoms with Crippen LogP contribution in [-0.2, 0) is 75.1 Å². The molecule has 11 amide bonds. The van der Waals surface area contributed by atoms with Gasteiger partial charge < -0.3 is 113 Å². The first kappa shape index (κ1) is 95.3. The molecule has 16 N–H and O–H groups in total. The number of methoxy groups -OCH3 is 2. The van der Waals surface area contributed by atoms with Crippen molar-refractivity contribution < 1.29 is 97.2 Å². The summed E-state index contributed by atoms with van der Waals surface area (Å²) in [4.78, 5) is 139. The molecule has 19 atom stereocenters. The fraction of sp³-hybridized carbons (Fsp3) is 0.700. The summed E-state index contributed by atoms with van der Waals surface area (Å²) in [5.41, 5.74) is 14.2. The Morgan fingerprint density at radius 3 is 2.10 bits per heavy atom. The highest BCUT2D eigenvalue weighted by molar-refractivity contribution is 5.98. The zero-order valence-electron chi connectivity index (χ0n) is 68.9. The van der Waals surface area contributed by atoms with Gasteiger partial charge in [0, 0.05) is 79.6 Å². The van der Waals surface area contributed by atoms with Crippen molar-refractivity contribution in [3.05, 3.63) is 77.1 Å². The number of nitrogens with zero attached hydrogens (tertiary/aromatic N) is 6. The predicted octanol–water partition coefficient (Wildman–Crippen LogP) is 2.65. The Labute approximate surface area is 674 Å². The van der Waals surface area contributed by atoms with E-state index in [1.54, 1.807) is 88.0 Å². The Bertz CT molecular complexity index is 3580. The van der Waals surface area contributed by atoms with Gasteiger partial charge in [-0.2, -0.15) is 0 Å². The maximum atomic E-state index is 14.3. The van der Waals surface area contributed by atoms with Crippen LogP contribution in [0.25, 0.3) is 0 Å². The molecule has 1 aromatic heterocycles. The van der Waals surface area contributed by atoms with E-state index in [1.165, 1.54) is 23.8 Å². The molecule has 2 fully saturated rings. The zero-order chi connectivity index (χ0) is 84.8. The highest BCUT2D eigenvalue weighted by atomic mass is 16.6. The number of hydrogen-bond acceptors (Lipinski definition) is 23. The number of nitrogens with one attached hydrogen (secondary N) is 7. The normalized spacial score (nSPS) is 21.4. The summed E-state index contributed by atoms with van der Waals surface area (Å²) in [5.74, 6) is -4.95. The predicted molar refractivity (Wildman–Crippen MR) is 424 cm³/mol. The van der Waals surface area contributed by atoms with E-state index >= 15 is 0 Å². The van der Waals surface area contributed by atoms with Crippen molar-refractivity contribution in [3.63, 3.8) is 0 Å². The van der Waals surface area contributed by atoms with E-state index < -0.39 is 146 Å².